The van der Waals surface area contributed by atoms with Crippen LogP contribution < -0.4 is 15.4 Å². The predicted molar refractivity (Wildman–Crippen MR) is 112 cm³/mol. The van der Waals surface area contributed by atoms with Gasteiger partial charge in [0.15, 0.2) is 0 Å². The Kier molecular flexibility index (Phi) is 5.83. The molecule has 2 aromatic rings. The van der Waals surface area contributed by atoms with Crippen LogP contribution in [0.2, 0.25) is 0 Å². The van der Waals surface area contributed by atoms with Crippen molar-refractivity contribution in [3.63, 3.8) is 0 Å². The summed E-state index contributed by atoms with van der Waals surface area (Å²) in [5.41, 5.74) is 2.18. The lowest BCUT2D eigenvalue weighted by Crippen LogP contribution is -2.23. The fourth-order valence-corrected chi connectivity index (χ4v) is 3.80. The van der Waals surface area contributed by atoms with Crippen molar-refractivity contribution in [2.24, 2.45) is 0 Å². The minimum atomic E-state index is -0.392. The van der Waals surface area contributed by atoms with E-state index in [9.17, 15) is 4.79 Å². The van der Waals surface area contributed by atoms with Crippen molar-refractivity contribution in [3.8, 4) is 5.75 Å². The summed E-state index contributed by atoms with van der Waals surface area (Å²) >= 11 is 0. The number of methoxy groups -OCH3 is 2. The van der Waals surface area contributed by atoms with Crippen molar-refractivity contribution in [2.75, 3.05) is 24.9 Å². The second-order valence-corrected chi connectivity index (χ2v) is 7.79. The molecule has 1 heterocycles. The number of hydrogen-bond acceptors (Lipinski definition) is 7. The van der Waals surface area contributed by atoms with Gasteiger partial charge in [0.05, 0.1) is 31.2 Å². The Morgan fingerprint density at radius 1 is 1.03 bits per heavy atom. The van der Waals surface area contributed by atoms with E-state index in [1.165, 1.54) is 39.2 Å². The summed E-state index contributed by atoms with van der Waals surface area (Å²) in [6, 6.07) is 7.58. The Morgan fingerprint density at radius 3 is 2.52 bits per heavy atom. The highest BCUT2D eigenvalue weighted by Crippen LogP contribution is 2.40. The maximum Gasteiger partial charge on any atom is 0.337 e. The average Bonchev–Trinajstić information content (AvgIpc) is 3.59. The lowest BCUT2D eigenvalue weighted by atomic mass is 9.96. The van der Waals surface area contributed by atoms with Crippen molar-refractivity contribution in [2.45, 2.75) is 56.9 Å². The van der Waals surface area contributed by atoms with E-state index in [1.807, 2.05) is 6.07 Å². The van der Waals surface area contributed by atoms with Crippen LogP contribution in [0, 0.1) is 0 Å². The van der Waals surface area contributed by atoms with Crippen LogP contribution in [0.5, 0.6) is 5.75 Å². The highest BCUT2D eigenvalue weighted by Gasteiger charge is 2.27. The number of ether oxygens (including phenoxy) is 2. The first kappa shape index (κ1) is 19.5. The zero-order valence-corrected chi connectivity index (χ0v) is 17.0. The molecule has 0 bridgehead atoms. The third-order valence-corrected chi connectivity index (χ3v) is 5.56. The zero-order valence-electron chi connectivity index (χ0n) is 17.0. The monoisotopic (exact) mass is 396 g/mol. The van der Waals surface area contributed by atoms with Gasteiger partial charge >= 0.3 is 5.97 Å². The second kappa shape index (κ2) is 8.68. The highest BCUT2D eigenvalue weighted by atomic mass is 16.5. The molecule has 0 saturated heterocycles. The fourth-order valence-electron chi connectivity index (χ4n) is 3.80. The molecule has 7 nitrogen and oxygen atoms in total. The van der Waals surface area contributed by atoms with E-state index in [2.05, 4.69) is 10.6 Å². The normalized spacial score (nSPS) is 16.9. The molecule has 2 fully saturated rings. The molecule has 0 spiro atoms. The Morgan fingerprint density at radius 2 is 1.83 bits per heavy atom. The van der Waals surface area contributed by atoms with Crippen LogP contribution in [0.15, 0.2) is 24.3 Å². The van der Waals surface area contributed by atoms with E-state index in [0.717, 1.165) is 18.5 Å². The zero-order chi connectivity index (χ0) is 20.2. The Balaban J connectivity index is 1.61. The lowest BCUT2D eigenvalue weighted by Gasteiger charge is -2.23. The molecule has 4 rings (SSSR count). The van der Waals surface area contributed by atoms with Crippen LogP contribution in [0.3, 0.4) is 0 Å². The smallest absolute Gasteiger partial charge is 0.337 e. The van der Waals surface area contributed by atoms with Crippen molar-refractivity contribution >= 4 is 23.4 Å². The minimum Gasteiger partial charge on any atom is -0.495 e. The first-order valence-electron chi connectivity index (χ1n) is 10.3. The quantitative estimate of drug-likeness (QED) is 0.660. The van der Waals surface area contributed by atoms with Gasteiger partial charge < -0.3 is 20.1 Å². The number of rotatable bonds is 7. The van der Waals surface area contributed by atoms with Gasteiger partial charge in [-0.1, -0.05) is 19.3 Å². The number of anilines is 3. The molecule has 0 atom stereocenters. The summed E-state index contributed by atoms with van der Waals surface area (Å²) in [5.74, 6) is 2.11. The molecule has 0 amide bonds. The van der Waals surface area contributed by atoms with Crippen LogP contribution in [0.25, 0.3) is 0 Å². The molecule has 2 N–H and O–H groups in total. The van der Waals surface area contributed by atoms with Crippen molar-refractivity contribution in [1.82, 2.24) is 9.97 Å². The van der Waals surface area contributed by atoms with Gasteiger partial charge in [-0.25, -0.2) is 9.78 Å². The molecule has 2 saturated carbocycles. The van der Waals surface area contributed by atoms with Gasteiger partial charge in [-0.2, -0.15) is 4.98 Å². The largest absolute Gasteiger partial charge is 0.495 e. The molecule has 0 unspecified atom stereocenters. The predicted octanol–water partition coefficient (Wildman–Crippen LogP) is 4.64. The highest BCUT2D eigenvalue weighted by molar-refractivity contribution is 5.91. The van der Waals surface area contributed by atoms with E-state index in [4.69, 9.17) is 19.4 Å². The molecule has 2 aliphatic carbocycles. The Hall–Kier alpha value is -2.83. The third kappa shape index (κ3) is 4.78. The van der Waals surface area contributed by atoms with E-state index < -0.39 is 5.97 Å². The van der Waals surface area contributed by atoms with Gasteiger partial charge in [-0.05, 0) is 43.9 Å². The van der Waals surface area contributed by atoms with E-state index in [1.54, 1.807) is 25.3 Å². The standard InChI is InChI=1S/C22H28N4O3/c1-28-19-11-10-15(21(27)29-2)12-18(19)24-20-13-17(14-8-9-14)25-22(26-20)23-16-6-4-3-5-7-16/h10-14,16H,3-9H2,1-2H3,(H2,23,24,25,26). The number of nitrogens with one attached hydrogen (secondary N) is 2. The summed E-state index contributed by atoms with van der Waals surface area (Å²) in [6.07, 6.45) is 8.47. The summed E-state index contributed by atoms with van der Waals surface area (Å²) < 4.78 is 10.3. The van der Waals surface area contributed by atoms with Gasteiger partial charge in [0, 0.05) is 18.0 Å². The van der Waals surface area contributed by atoms with E-state index >= 15 is 0 Å². The van der Waals surface area contributed by atoms with Crippen molar-refractivity contribution in [1.29, 1.82) is 0 Å². The molecule has 2 aliphatic rings. The molecule has 0 radical (unpaired) electrons. The molecule has 1 aromatic carbocycles. The van der Waals surface area contributed by atoms with Gasteiger partial charge in [0.25, 0.3) is 0 Å². The first-order chi connectivity index (χ1) is 14.2. The number of benzene rings is 1. The van der Waals surface area contributed by atoms with Crippen LogP contribution in [0.4, 0.5) is 17.5 Å². The Labute approximate surface area is 171 Å². The maximum absolute atomic E-state index is 11.9. The molecular weight excluding hydrogens is 368 g/mol. The molecular formula is C22H28N4O3. The molecule has 0 aliphatic heterocycles. The number of carbonyl (C=O) groups is 1. The van der Waals surface area contributed by atoms with E-state index in [-0.39, 0.29) is 0 Å². The molecule has 7 heteroatoms. The summed E-state index contributed by atoms with van der Waals surface area (Å²) in [5, 5.41) is 6.85. The lowest BCUT2D eigenvalue weighted by molar-refractivity contribution is 0.0600. The number of aromatic nitrogens is 2. The maximum atomic E-state index is 11.9. The summed E-state index contributed by atoms with van der Waals surface area (Å²) in [7, 11) is 2.97. The van der Waals surface area contributed by atoms with Gasteiger partial charge in [0.2, 0.25) is 5.95 Å². The van der Waals surface area contributed by atoms with Crippen LogP contribution in [-0.4, -0.2) is 36.2 Å². The van der Waals surface area contributed by atoms with Crippen LogP contribution >= 0.6 is 0 Å². The van der Waals surface area contributed by atoms with Crippen molar-refractivity contribution < 1.29 is 14.3 Å². The summed E-state index contributed by atoms with van der Waals surface area (Å²) in [4.78, 5) is 21.4. The third-order valence-electron chi connectivity index (χ3n) is 5.56. The van der Waals surface area contributed by atoms with Crippen LogP contribution in [-0.2, 0) is 4.74 Å². The van der Waals surface area contributed by atoms with Crippen molar-refractivity contribution in [3.05, 3.63) is 35.5 Å². The number of esters is 1. The SMILES string of the molecule is COC(=O)c1ccc(OC)c(Nc2cc(C3CC3)nc(NC3CCCCC3)n2)c1. The topological polar surface area (TPSA) is 85.4 Å². The second-order valence-electron chi connectivity index (χ2n) is 7.79. The van der Waals surface area contributed by atoms with Gasteiger partial charge in [-0.15, -0.1) is 0 Å². The molecule has 1 aromatic heterocycles. The van der Waals surface area contributed by atoms with E-state index in [0.29, 0.717) is 40.7 Å². The van der Waals surface area contributed by atoms with Gasteiger partial charge in [-0.3, -0.25) is 0 Å². The average molecular weight is 396 g/mol. The van der Waals surface area contributed by atoms with Crippen LogP contribution in [0.1, 0.15) is 66.9 Å². The fraction of sp³-hybridized carbons (Fsp3) is 0.500. The summed E-state index contributed by atoms with van der Waals surface area (Å²) in [6.45, 7) is 0. The van der Waals surface area contributed by atoms with Gasteiger partial charge in [0.1, 0.15) is 11.6 Å². The number of nitrogens with zero attached hydrogens (tertiary/aromatic N) is 2. The molecule has 29 heavy (non-hydrogen) atoms. The number of hydrogen-bond donors (Lipinski definition) is 2. The Bertz CT molecular complexity index is 876. The first-order valence-corrected chi connectivity index (χ1v) is 10.3. The number of carbonyl (C=O) groups excluding carboxylic acids is 1. The molecule has 154 valence electrons. The minimum absolute atomic E-state index is 0.392.